The maximum Gasteiger partial charge on any atom is 0.417 e. The highest BCUT2D eigenvalue weighted by atomic mass is 19.4. The smallest absolute Gasteiger partial charge is 0.343 e. The van der Waals surface area contributed by atoms with Gasteiger partial charge in [-0.05, 0) is 29.3 Å². The summed E-state index contributed by atoms with van der Waals surface area (Å²) < 4.78 is 41.5. The molecule has 7 heteroatoms. The first-order valence-corrected chi connectivity index (χ1v) is 7.80. The van der Waals surface area contributed by atoms with E-state index in [0.717, 1.165) is 6.07 Å². The highest BCUT2D eigenvalue weighted by Gasteiger charge is 2.33. The molecule has 0 saturated heterocycles. The van der Waals surface area contributed by atoms with E-state index in [9.17, 15) is 18.0 Å². The number of hydrogen-bond acceptors (Lipinski definition) is 2. The second kappa shape index (κ2) is 6.67. The SMILES string of the molecule is CN(C)C(=O)c1cncn1-c1cccc(-c2ccccc2C(F)(F)F)c1. The van der Waals surface area contributed by atoms with E-state index in [2.05, 4.69) is 4.98 Å². The molecule has 0 aliphatic rings. The zero-order valence-electron chi connectivity index (χ0n) is 14.2. The fourth-order valence-electron chi connectivity index (χ4n) is 2.69. The summed E-state index contributed by atoms with van der Waals surface area (Å²) in [6.45, 7) is 0. The van der Waals surface area contributed by atoms with Crippen molar-refractivity contribution < 1.29 is 18.0 Å². The summed E-state index contributed by atoms with van der Waals surface area (Å²) in [4.78, 5) is 17.7. The average Bonchev–Trinajstić information content (AvgIpc) is 3.10. The Morgan fingerprint density at radius 3 is 2.50 bits per heavy atom. The van der Waals surface area contributed by atoms with Gasteiger partial charge in [0.2, 0.25) is 0 Å². The molecule has 0 saturated carbocycles. The Balaban J connectivity index is 2.10. The van der Waals surface area contributed by atoms with Crippen LogP contribution in [0.1, 0.15) is 16.1 Å². The van der Waals surface area contributed by atoms with Crippen molar-refractivity contribution in [3.8, 4) is 16.8 Å². The lowest BCUT2D eigenvalue weighted by Gasteiger charge is -2.15. The zero-order chi connectivity index (χ0) is 18.9. The van der Waals surface area contributed by atoms with Crippen LogP contribution in [0.3, 0.4) is 0 Å². The van der Waals surface area contributed by atoms with Crippen molar-refractivity contribution in [1.82, 2.24) is 14.5 Å². The van der Waals surface area contributed by atoms with Crippen LogP contribution in [-0.2, 0) is 6.18 Å². The molecule has 4 nitrogen and oxygen atoms in total. The molecule has 26 heavy (non-hydrogen) atoms. The topological polar surface area (TPSA) is 38.1 Å². The molecule has 0 atom stereocenters. The molecule has 0 bridgehead atoms. The Morgan fingerprint density at radius 1 is 1.08 bits per heavy atom. The summed E-state index contributed by atoms with van der Waals surface area (Å²) in [7, 11) is 3.24. The van der Waals surface area contributed by atoms with Gasteiger partial charge in [-0.3, -0.25) is 9.36 Å². The molecule has 0 N–H and O–H groups in total. The van der Waals surface area contributed by atoms with Crippen LogP contribution in [0.5, 0.6) is 0 Å². The van der Waals surface area contributed by atoms with Gasteiger partial charge in [-0.1, -0.05) is 30.3 Å². The molecule has 0 aliphatic carbocycles. The third-order valence-corrected chi connectivity index (χ3v) is 3.93. The Morgan fingerprint density at radius 2 is 1.81 bits per heavy atom. The zero-order valence-corrected chi connectivity index (χ0v) is 14.2. The molecule has 1 aromatic heterocycles. The molecule has 0 aliphatic heterocycles. The van der Waals surface area contributed by atoms with E-state index in [1.165, 1.54) is 29.6 Å². The second-order valence-electron chi connectivity index (χ2n) is 5.94. The van der Waals surface area contributed by atoms with Gasteiger partial charge < -0.3 is 4.90 Å². The number of nitrogens with zero attached hydrogens (tertiary/aromatic N) is 3. The van der Waals surface area contributed by atoms with Crippen molar-refractivity contribution in [2.75, 3.05) is 14.1 Å². The fraction of sp³-hybridized carbons (Fsp3) is 0.158. The van der Waals surface area contributed by atoms with Crippen LogP contribution in [0.2, 0.25) is 0 Å². The third kappa shape index (κ3) is 3.33. The summed E-state index contributed by atoms with van der Waals surface area (Å²) in [6.07, 6.45) is -1.56. The second-order valence-corrected chi connectivity index (χ2v) is 5.94. The molecule has 3 aromatic rings. The van der Waals surface area contributed by atoms with Gasteiger partial charge in [-0.2, -0.15) is 13.2 Å². The minimum atomic E-state index is -4.45. The number of benzene rings is 2. The van der Waals surface area contributed by atoms with E-state index >= 15 is 0 Å². The highest BCUT2D eigenvalue weighted by Crippen LogP contribution is 2.37. The third-order valence-electron chi connectivity index (χ3n) is 3.93. The summed E-state index contributed by atoms with van der Waals surface area (Å²) in [5.74, 6) is -0.247. The molecule has 1 heterocycles. The predicted molar refractivity (Wildman–Crippen MR) is 92.0 cm³/mol. The Bertz CT molecular complexity index is 945. The van der Waals surface area contributed by atoms with Crippen molar-refractivity contribution in [1.29, 1.82) is 0 Å². The van der Waals surface area contributed by atoms with Gasteiger partial charge in [0.05, 0.1) is 18.1 Å². The van der Waals surface area contributed by atoms with Crippen LogP contribution in [0.25, 0.3) is 16.8 Å². The van der Waals surface area contributed by atoms with Crippen LogP contribution in [0.4, 0.5) is 13.2 Å². The van der Waals surface area contributed by atoms with E-state index in [0.29, 0.717) is 16.9 Å². The van der Waals surface area contributed by atoms with Gasteiger partial charge >= 0.3 is 6.18 Å². The number of alkyl halides is 3. The van der Waals surface area contributed by atoms with Crippen molar-refractivity contribution in [2.45, 2.75) is 6.18 Å². The van der Waals surface area contributed by atoms with Crippen LogP contribution < -0.4 is 0 Å². The summed E-state index contributed by atoms with van der Waals surface area (Å²) in [5.41, 5.74) is 0.681. The Kier molecular flexibility index (Phi) is 4.54. The van der Waals surface area contributed by atoms with E-state index in [-0.39, 0.29) is 11.5 Å². The van der Waals surface area contributed by atoms with Crippen molar-refractivity contribution in [2.24, 2.45) is 0 Å². The number of imidazole rings is 1. The molecule has 134 valence electrons. The molecule has 0 radical (unpaired) electrons. The highest BCUT2D eigenvalue weighted by molar-refractivity contribution is 5.92. The Labute approximate surface area is 148 Å². The molecular formula is C19H16F3N3O. The molecule has 2 aromatic carbocycles. The summed E-state index contributed by atoms with van der Waals surface area (Å²) in [6, 6.07) is 12.0. The first kappa shape index (κ1) is 17.7. The van der Waals surface area contributed by atoms with Crippen molar-refractivity contribution >= 4 is 5.91 Å². The largest absolute Gasteiger partial charge is 0.417 e. The van der Waals surface area contributed by atoms with E-state index < -0.39 is 11.7 Å². The van der Waals surface area contributed by atoms with Crippen LogP contribution in [0, 0.1) is 0 Å². The van der Waals surface area contributed by atoms with Crippen LogP contribution >= 0.6 is 0 Å². The number of aromatic nitrogens is 2. The van der Waals surface area contributed by atoms with Gasteiger partial charge in [0.15, 0.2) is 0 Å². The number of rotatable bonds is 3. The lowest BCUT2D eigenvalue weighted by atomic mass is 9.99. The minimum absolute atomic E-state index is 0.0856. The number of amides is 1. The maximum absolute atomic E-state index is 13.3. The monoisotopic (exact) mass is 359 g/mol. The van der Waals surface area contributed by atoms with E-state index in [4.69, 9.17) is 0 Å². The average molecular weight is 359 g/mol. The fourth-order valence-corrected chi connectivity index (χ4v) is 2.69. The normalized spacial score (nSPS) is 11.4. The summed E-state index contributed by atoms with van der Waals surface area (Å²) >= 11 is 0. The first-order valence-electron chi connectivity index (χ1n) is 7.80. The first-order chi connectivity index (χ1) is 12.3. The van der Waals surface area contributed by atoms with Crippen LogP contribution in [-0.4, -0.2) is 34.5 Å². The number of hydrogen-bond donors (Lipinski definition) is 0. The van der Waals surface area contributed by atoms with E-state index in [1.807, 2.05) is 0 Å². The molecule has 3 rings (SSSR count). The van der Waals surface area contributed by atoms with E-state index in [1.54, 1.807) is 49.0 Å². The maximum atomic E-state index is 13.3. The Hall–Kier alpha value is -3.09. The van der Waals surface area contributed by atoms with Gasteiger partial charge in [-0.15, -0.1) is 0 Å². The van der Waals surface area contributed by atoms with Gasteiger partial charge in [-0.25, -0.2) is 4.98 Å². The van der Waals surface area contributed by atoms with Crippen molar-refractivity contribution in [3.05, 3.63) is 72.3 Å². The minimum Gasteiger partial charge on any atom is -0.343 e. The molecule has 0 fully saturated rings. The predicted octanol–water partition coefficient (Wildman–Crippen LogP) is 4.26. The number of carbonyl (C=O) groups is 1. The molecule has 0 spiro atoms. The number of halogens is 3. The lowest BCUT2D eigenvalue weighted by molar-refractivity contribution is -0.137. The van der Waals surface area contributed by atoms with Gasteiger partial charge in [0.1, 0.15) is 5.69 Å². The van der Waals surface area contributed by atoms with Gasteiger partial charge in [0.25, 0.3) is 5.91 Å². The lowest BCUT2D eigenvalue weighted by Crippen LogP contribution is -2.24. The number of carbonyl (C=O) groups excluding carboxylic acids is 1. The molecule has 1 amide bonds. The van der Waals surface area contributed by atoms with Gasteiger partial charge in [0, 0.05) is 19.8 Å². The molecular weight excluding hydrogens is 343 g/mol. The summed E-state index contributed by atoms with van der Waals surface area (Å²) in [5, 5.41) is 0. The van der Waals surface area contributed by atoms with Crippen LogP contribution in [0.15, 0.2) is 61.1 Å². The van der Waals surface area contributed by atoms with Crippen molar-refractivity contribution in [3.63, 3.8) is 0 Å². The quantitative estimate of drug-likeness (QED) is 0.701. The molecule has 0 unspecified atom stereocenters. The standard InChI is InChI=1S/C19H16F3N3O/c1-24(2)18(26)17-11-23-12-25(17)14-7-5-6-13(10-14)15-8-3-4-9-16(15)19(20,21)22/h3-12H,1-2H3.